The van der Waals surface area contributed by atoms with Crippen molar-refractivity contribution in [3.8, 4) is 0 Å². The fourth-order valence-corrected chi connectivity index (χ4v) is 2.40. The van der Waals surface area contributed by atoms with Crippen molar-refractivity contribution in [3.63, 3.8) is 0 Å². The van der Waals surface area contributed by atoms with Crippen LogP contribution >= 0.6 is 24.0 Å². The van der Waals surface area contributed by atoms with Crippen LogP contribution in [0.3, 0.4) is 0 Å². The molecule has 2 fully saturated rings. The number of rotatable bonds is 3. The van der Waals surface area contributed by atoms with Gasteiger partial charge in [-0.3, -0.25) is 4.90 Å². The van der Waals surface area contributed by atoms with Crippen LogP contribution in [0.2, 0.25) is 5.15 Å². The van der Waals surface area contributed by atoms with E-state index in [4.69, 9.17) is 21.0 Å². The fourth-order valence-electron chi connectivity index (χ4n) is 2.24. The highest BCUT2D eigenvalue weighted by Gasteiger charge is 2.35. The molecule has 94 valence electrons. The molecule has 5 nitrogen and oxygen atoms in total. The van der Waals surface area contributed by atoms with Crippen molar-refractivity contribution in [2.45, 2.75) is 13.0 Å². The van der Waals surface area contributed by atoms with E-state index in [1.807, 2.05) is 0 Å². The SMILES string of the molecule is Cl.Clc1cc(CON=C2CN3CCC2C3)on1. The molecule has 0 radical (unpaired) electrons. The van der Waals surface area contributed by atoms with Crippen LogP contribution in [-0.4, -0.2) is 35.4 Å². The number of halogens is 2. The van der Waals surface area contributed by atoms with Crippen molar-refractivity contribution < 1.29 is 9.36 Å². The summed E-state index contributed by atoms with van der Waals surface area (Å²) in [7, 11) is 0. The van der Waals surface area contributed by atoms with Gasteiger partial charge in [0.1, 0.15) is 0 Å². The Balaban J connectivity index is 0.00000108. The molecule has 2 aliphatic rings. The van der Waals surface area contributed by atoms with Gasteiger partial charge >= 0.3 is 0 Å². The molecule has 0 aromatic carbocycles. The first-order valence-corrected chi connectivity index (χ1v) is 5.71. The zero-order valence-corrected chi connectivity index (χ0v) is 10.7. The Labute approximate surface area is 110 Å². The van der Waals surface area contributed by atoms with Crippen LogP contribution < -0.4 is 0 Å². The summed E-state index contributed by atoms with van der Waals surface area (Å²) < 4.78 is 4.90. The topological polar surface area (TPSA) is 50.9 Å². The van der Waals surface area contributed by atoms with E-state index in [-0.39, 0.29) is 19.0 Å². The van der Waals surface area contributed by atoms with Gasteiger partial charge < -0.3 is 9.36 Å². The molecular weight excluding hydrogens is 265 g/mol. The van der Waals surface area contributed by atoms with E-state index < -0.39 is 0 Å². The second-order valence-corrected chi connectivity index (χ2v) is 4.58. The second kappa shape index (κ2) is 5.25. The largest absolute Gasteiger partial charge is 0.387 e. The molecule has 3 heterocycles. The highest BCUT2D eigenvalue weighted by atomic mass is 35.5. The summed E-state index contributed by atoms with van der Waals surface area (Å²) in [4.78, 5) is 7.63. The molecule has 2 unspecified atom stereocenters. The fraction of sp³-hybridized carbons (Fsp3) is 0.600. The van der Waals surface area contributed by atoms with Gasteiger partial charge in [0, 0.05) is 25.1 Å². The summed E-state index contributed by atoms with van der Waals surface area (Å²) in [5, 5.41) is 8.06. The molecule has 0 saturated carbocycles. The molecule has 17 heavy (non-hydrogen) atoms. The number of nitrogens with zero attached hydrogens (tertiary/aromatic N) is 3. The summed E-state index contributed by atoms with van der Waals surface area (Å²) in [6.45, 7) is 3.56. The molecule has 0 amide bonds. The maximum absolute atomic E-state index is 5.61. The van der Waals surface area contributed by atoms with E-state index >= 15 is 0 Å². The van der Waals surface area contributed by atoms with E-state index in [1.54, 1.807) is 6.07 Å². The number of fused-ring (bicyclic) bond motifs is 2. The van der Waals surface area contributed by atoms with Crippen LogP contribution in [0.25, 0.3) is 0 Å². The number of hydrogen-bond donors (Lipinski definition) is 0. The predicted octanol–water partition coefficient (Wildman–Crippen LogP) is 1.96. The lowest BCUT2D eigenvalue weighted by molar-refractivity contribution is 0.107. The van der Waals surface area contributed by atoms with Gasteiger partial charge in [0.15, 0.2) is 17.5 Å². The van der Waals surface area contributed by atoms with Crippen LogP contribution in [0, 0.1) is 5.92 Å². The minimum absolute atomic E-state index is 0. The Morgan fingerprint density at radius 2 is 2.53 bits per heavy atom. The van der Waals surface area contributed by atoms with Crippen LogP contribution in [0.4, 0.5) is 0 Å². The Kier molecular flexibility index (Phi) is 3.91. The Morgan fingerprint density at radius 1 is 1.65 bits per heavy atom. The number of oxime groups is 1. The summed E-state index contributed by atoms with van der Waals surface area (Å²) in [6, 6.07) is 1.63. The zero-order valence-electron chi connectivity index (χ0n) is 9.13. The van der Waals surface area contributed by atoms with Gasteiger partial charge in [-0.1, -0.05) is 21.9 Å². The molecule has 0 N–H and O–H groups in total. The van der Waals surface area contributed by atoms with Gasteiger partial charge in [-0.05, 0) is 13.0 Å². The van der Waals surface area contributed by atoms with E-state index in [0.29, 0.717) is 16.8 Å². The monoisotopic (exact) mass is 277 g/mol. The maximum atomic E-state index is 5.61. The van der Waals surface area contributed by atoms with Crippen molar-refractivity contribution in [2.75, 3.05) is 19.6 Å². The lowest BCUT2D eigenvalue weighted by atomic mass is 10.0. The number of aromatic nitrogens is 1. The molecule has 2 saturated heterocycles. The normalized spacial score (nSPS) is 28.4. The Hall–Kier alpha value is -0.780. The molecule has 1 aromatic rings. The molecular formula is C10H13Cl2N3O2. The maximum Gasteiger partial charge on any atom is 0.178 e. The third kappa shape index (κ3) is 2.73. The van der Waals surface area contributed by atoms with Gasteiger partial charge in [-0.2, -0.15) is 0 Å². The van der Waals surface area contributed by atoms with Crippen LogP contribution in [0.15, 0.2) is 15.7 Å². The third-order valence-electron chi connectivity index (χ3n) is 3.05. The molecule has 0 aliphatic carbocycles. The first-order valence-electron chi connectivity index (χ1n) is 5.33. The average molecular weight is 278 g/mol. The standard InChI is InChI=1S/C10H12ClN3O2.ClH/c11-10-3-8(16-13-10)6-15-12-9-5-14-2-1-7(9)4-14;/h3,7H,1-2,4-6H2;1H. The highest BCUT2D eigenvalue weighted by molar-refractivity contribution is 6.29. The van der Waals surface area contributed by atoms with Crippen LogP contribution in [0.1, 0.15) is 12.2 Å². The van der Waals surface area contributed by atoms with Crippen LogP contribution in [-0.2, 0) is 11.4 Å². The summed E-state index contributed by atoms with van der Waals surface area (Å²) >= 11 is 5.61. The number of hydrogen-bond acceptors (Lipinski definition) is 5. The lowest BCUT2D eigenvalue weighted by Gasteiger charge is -2.12. The van der Waals surface area contributed by atoms with Crippen molar-refractivity contribution in [3.05, 3.63) is 17.0 Å². The first-order chi connectivity index (χ1) is 7.81. The van der Waals surface area contributed by atoms with Gasteiger partial charge in [-0.15, -0.1) is 12.4 Å². The van der Waals surface area contributed by atoms with E-state index in [0.717, 1.165) is 18.8 Å². The van der Waals surface area contributed by atoms with E-state index in [9.17, 15) is 0 Å². The quantitative estimate of drug-likeness (QED) is 0.793. The minimum atomic E-state index is 0. The van der Waals surface area contributed by atoms with Gasteiger partial charge in [0.25, 0.3) is 0 Å². The molecule has 2 atom stereocenters. The predicted molar refractivity (Wildman–Crippen MR) is 65.5 cm³/mol. The molecule has 0 spiro atoms. The summed E-state index contributed by atoms with van der Waals surface area (Å²) in [5.74, 6) is 1.19. The van der Waals surface area contributed by atoms with Crippen molar-refractivity contribution in [1.29, 1.82) is 0 Å². The summed E-state index contributed by atoms with van der Waals surface area (Å²) in [6.07, 6.45) is 1.20. The van der Waals surface area contributed by atoms with Gasteiger partial charge in [0.2, 0.25) is 0 Å². The zero-order chi connectivity index (χ0) is 11.0. The van der Waals surface area contributed by atoms with E-state index in [1.165, 1.54) is 13.0 Å². The van der Waals surface area contributed by atoms with Crippen molar-refractivity contribution >= 4 is 29.7 Å². The Morgan fingerprint density at radius 3 is 3.12 bits per heavy atom. The smallest absolute Gasteiger partial charge is 0.178 e. The second-order valence-electron chi connectivity index (χ2n) is 4.19. The first kappa shape index (κ1) is 12.7. The molecule has 3 rings (SSSR count). The Bertz CT molecular complexity index is 421. The molecule has 2 bridgehead atoms. The highest BCUT2D eigenvalue weighted by Crippen LogP contribution is 2.25. The van der Waals surface area contributed by atoms with Crippen molar-refractivity contribution in [1.82, 2.24) is 10.1 Å². The minimum Gasteiger partial charge on any atom is -0.387 e. The third-order valence-corrected chi connectivity index (χ3v) is 3.23. The molecule has 7 heteroatoms. The lowest BCUT2D eigenvalue weighted by Crippen LogP contribution is -2.23. The number of piperidine rings is 1. The molecule has 2 aliphatic heterocycles. The van der Waals surface area contributed by atoms with Crippen molar-refractivity contribution in [2.24, 2.45) is 11.1 Å². The van der Waals surface area contributed by atoms with E-state index in [2.05, 4.69) is 15.2 Å². The summed E-state index contributed by atoms with van der Waals surface area (Å²) in [5.41, 5.74) is 1.15. The molecule has 1 aromatic heterocycles. The average Bonchev–Trinajstić information content (AvgIpc) is 2.94. The van der Waals surface area contributed by atoms with Crippen LogP contribution in [0.5, 0.6) is 0 Å². The van der Waals surface area contributed by atoms with Gasteiger partial charge in [-0.25, -0.2) is 0 Å². The van der Waals surface area contributed by atoms with Gasteiger partial charge in [0.05, 0.1) is 5.71 Å².